The van der Waals surface area contributed by atoms with Crippen molar-refractivity contribution in [1.82, 2.24) is 5.16 Å². The second-order valence-corrected chi connectivity index (χ2v) is 3.26. The van der Waals surface area contributed by atoms with Crippen LogP contribution in [-0.2, 0) is 6.42 Å². The Bertz CT molecular complexity index is 229. The first-order valence-electron chi connectivity index (χ1n) is 4.73. The molecule has 1 rings (SSSR count). The molecule has 0 fully saturated rings. The lowest BCUT2D eigenvalue weighted by molar-refractivity contribution is 0.355. The molecule has 0 saturated carbocycles. The van der Waals surface area contributed by atoms with Crippen LogP contribution in [0.2, 0.25) is 0 Å². The van der Waals surface area contributed by atoms with Gasteiger partial charge in [0.15, 0.2) is 0 Å². The fraction of sp³-hybridized carbons (Fsp3) is 0.700. The Hall–Kier alpha value is -0.790. The second-order valence-electron chi connectivity index (χ2n) is 3.26. The van der Waals surface area contributed by atoms with E-state index in [4.69, 9.17) is 4.52 Å². The fourth-order valence-electron chi connectivity index (χ4n) is 1.30. The molecule has 0 radical (unpaired) electrons. The summed E-state index contributed by atoms with van der Waals surface area (Å²) in [6.07, 6.45) is 3.34. The summed E-state index contributed by atoms with van der Waals surface area (Å²) in [4.78, 5) is 0. The highest BCUT2D eigenvalue weighted by Gasteiger charge is 2.09. The van der Waals surface area contributed by atoms with E-state index in [1.54, 1.807) is 0 Å². The van der Waals surface area contributed by atoms with Crippen LogP contribution in [0.15, 0.2) is 10.6 Å². The third kappa shape index (κ3) is 2.10. The molecule has 1 aromatic rings. The third-order valence-electron chi connectivity index (χ3n) is 2.15. The molecule has 0 saturated heterocycles. The van der Waals surface area contributed by atoms with Gasteiger partial charge in [-0.25, -0.2) is 0 Å². The maximum absolute atomic E-state index is 5.22. The smallest absolute Gasteiger partial charge is 0.139 e. The van der Waals surface area contributed by atoms with E-state index in [1.807, 2.05) is 0 Å². The van der Waals surface area contributed by atoms with E-state index < -0.39 is 0 Å². The summed E-state index contributed by atoms with van der Waals surface area (Å²) >= 11 is 0. The first-order valence-corrected chi connectivity index (χ1v) is 4.73. The topological polar surface area (TPSA) is 26.0 Å². The number of rotatable bonds is 4. The summed E-state index contributed by atoms with van der Waals surface area (Å²) in [6.45, 7) is 6.46. The fourth-order valence-corrected chi connectivity index (χ4v) is 1.30. The number of aryl methyl sites for hydroxylation is 1. The number of hydrogen-bond donors (Lipinski definition) is 0. The van der Waals surface area contributed by atoms with E-state index in [0.717, 1.165) is 17.9 Å². The summed E-state index contributed by atoms with van der Waals surface area (Å²) in [6, 6.07) is 2.07. The summed E-state index contributed by atoms with van der Waals surface area (Å²) in [5.74, 6) is 1.55. The van der Waals surface area contributed by atoms with E-state index in [2.05, 4.69) is 32.0 Å². The van der Waals surface area contributed by atoms with E-state index in [9.17, 15) is 0 Å². The minimum absolute atomic E-state index is 0.516. The minimum Gasteiger partial charge on any atom is -0.361 e. The van der Waals surface area contributed by atoms with Gasteiger partial charge >= 0.3 is 0 Å². The normalized spacial score (nSPS) is 13.2. The average Bonchev–Trinajstić information content (AvgIpc) is 2.52. The van der Waals surface area contributed by atoms with Crippen LogP contribution in [0.25, 0.3) is 0 Å². The van der Waals surface area contributed by atoms with Crippen LogP contribution >= 0.6 is 0 Å². The summed E-state index contributed by atoms with van der Waals surface area (Å²) in [5, 5.41) is 3.96. The van der Waals surface area contributed by atoms with Gasteiger partial charge in [-0.15, -0.1) is 0 Å². The van der Waals surface area contributed by atoms with Crippen molar-refractivity contribution in [2.45, 2.75) is 46.0 Å². The maximum Gasteiger partial charge on any atom is 0.139 e. The molecule has 1 unspecified atom stereocenters. The molecule has 2 nitrogen and oxygen atoms in total. The van der Waals surface area contributed by atoms with E-state index in [1.165, 1.54) is 12.8 Å². The zero-order valence-electron chi connectivity index (χ0n) is 8.13. The van der Waals surface area contributed by atoms with Gasteiger partial charge in [0, 0.05) is 12.0 Å². The van der Waals surface area contributed by atoms with E-state index >= 15 is 0 Å². The molecule has 68 valence electrons. The lowest BCUT2D eigenvalue weighted by atomic mass is 10.0. The zero-order valence-corrected chi connectivity index (χ0v) is 8.13. The van der Waals surface area contributed by atoms with Gasteiger partial charge in [-0.1, -0.05) is 32.3 Å². The Balaban J connectivity index is 2.61. The predicted molar refractivity (Wildman–Crippen MR) is 49.2 cm³/mol. The highest BCUT2D eigenvalue weighted by molar-refractivity contribution is 5.08. The van der Waals surface area contributed by atoms with Crippen LogP contribution in [-0.4, -0.2) is 5.16 Å². The van der Waals surface area contributed by atoms with Crippen molar-refractivity contribution in [3.8, 4) is 0 Å². The van der Waals surface area contributed by atoms with Crippen molar-refractivity contribution in [3.05, 3.63) is 17.5 Å². The molecule has 0 spiro atoms. The van der Waals surface area contributed by atoms with Crippen molar-refractivity contribution in [1.29, 1.82) is 0 Å². The number of aromatic nitrogens is 1. The molecule has 1 aromatic heterocycles. The van der Waals surface area contributed by atoms with Gasteiger partial charge in [0.2, 0.25) is 0 Å². The molecule has 0 aliphatic carbocycles. The Morgan fingerprint density at radius 3 is 2.75 bits per heavy atom. The lowest BCUT2D eigenvalue weighted by Gasteiger charge is -2.02. The third-order valence-corrected chi connectivity index (χ3v) is 2.15. The molecular weight excluding hydrogens is 150 g/mol. The van der Waals surface area contributed by atoms with Crippen LogP contribution in [0, 0.1) is 0 Å². The summed E-state index contributed by atoms with van der Waals surface area (Å²) in [5.41, 5.74) is 1.06. The van der Waals surface area contributed by atoms with Gasteiger partial charge in [0.25, 0.3) is 0 Å². The predicted octanol–water partition coefficient (Wildman–Crippen LogP) is 3.14. The largest absolute Gasteiger partial charge is 0.361 e. The van der Waals surface area contributed by atoms with Crippen molar-refractivity contribution < 1.29 is 4.52 Å². The van der Waals surface area contributed by atoms with Crippen LogP contribution in [0.5, 0.6) is 0 Å². The van der Waals surface area contributed by atoms with Gasteiger partial charge in [-0.05, 0) is 12.8 Å². The molecule has 0 aliphatic rings. The Kier molecular flexibility index (Phi) is 3.32. The monoisotopic (exact) mass is 167 g/mol. The Labute approximate surface area is 74.0 Å². The second kappa shape index (κ2) is 4.29. The van der Waals surface area contributed by atoms with Crippen molar-refractivity contribution >= 4 is 0 Å². The standard InChI is InChI=1S/C10H17NO/c1-4-6-8(3)10-7-9(5-2)11-12-10/h7-8H,4-6H2,1-3H3. The molecule has 0 aromatic carbocycles. The quantitative estimate of drug-likeness (QED) is 0.688. The van der Waals surface area contributed by atoms with Crippen molar-refractivity contribution in [2.24, 2.45) is 0 Å². The van der Waals surface area contributed by atoms with Gasteiger partial charge in [-0.3, -0.25) is 0 Å². The number of nitrogens with zero attached hydrogens (tertiary/aromatic N) is 1. The Morgan fingerprint density at radius 2 is 2.25 bits per heavy atom. The molecule has 1 atom stereocenters. The van der Waals surface area contributed by atoms with Crippen LogP contribution in [0.4, 0.5) is 0 Å². The molecule has 0 amide bonds. The van der Waals surface area contributed by atoms with Gasteiger partial charge in [0.1, 0.15) is 5.76 Å². The van der Waals surface area contributed by atoms with Gasteiger partial charge in [0.05, 0.1) is 5.69 Å². The van der Waals surface area contributed by atoms with E-state index in [0.29, 0.717) is 5.92 Å². The highest BCUT2D eigenvalue weighted by Crippen LogP contribution is 2.20. The molecule has 0 bridgehead atoms. The maximum atomic E-state index is 5.22. The lowest BCUT2D eigenvalue weighted by Crippen LogP contribution is -1.89. The minimum atomic E-state index is 0.516. The van der Waals surface area contributed by atoms with E-state index in [-0.39, 0.29) is 0 Å². The van der Waals surface area contributed by atoms with Gasteiger partial charge < -0.3 is 4.52 Å². The van der Waals surface area contributed by atoms with Crippen molar-refractivity contribution in [3.63, 3.8) is 0 Å². The van der Waals surface area contributed by atoms with Crippen LogP contribution < -0.4 is 0 Å². The van der Waals surface area contributed by atoms with Crippen molar-refractivity contribution in [2.75, 3.05) is 0 Å². The summed E-state index contributed by atoms with van der Waals surface area (Å²) in [7, 11) is 0. The first kappa shape index (κ1) is 9.30. The Morgan fingerprint density at radius 1 is 1.50 bits per heavy atom. The van der Waals surface area contributed by atoms with Gasteiger partial charge in [-0.2, -0.15) is 0 Å². The molecule has 0 aliphatic heterocycles. The summed E-state index contributed by atoms with van der Waals surface area (Å²) < 4.78 is 5.22. The first-order chi connectivity index (χ1) is 5.77. The average molecular weight is 167 g/mol. The molecule has 12 heavy (non-hydrogen) atoms. The molecule has 1 heterocycles. The molecule has 0 N–H and O–H groups in total. The zero-order chi connectivity index (χ0) is 8.97. The SMILES string of the molecule is CCCC(C)c1cc(CC)no1. The highest BCUT2D eigenvalue weighted by atomic mass is 16.5. The van der Waals surface area contributed by atoms with Crippen LogP contribution in [0.1, 0.15) is 51.0 Å². The molecule has 2 heteroatoms. The van der Waals surface area contributed by atoms with Crippen LogP contribution in [0.3, 0.4) is 0 Å². The molecular formula is C10H17NO. The number of hydrogen-bond acceptors (Lipinski definition) is 2.